The van der Waals surface area contributed by atoms with Crippen LogP contribution in [0.1, 0.15) is 93.9 Å². The number of aliphatic hydroxyl groups excluding tert-OH is 2. The first-order valence-electron chi connectivity index (χ1n) is 19.6. The summed E-state index contributed by atoms with van der Waals surface area (Å²) < 4.78 is 25.7. The molecule has 2 amide bonds. The highest BCUT2D eigenvalue weighted by atomic mass is 16.7. The molecule has 0 bridgehead atoms. The molecule has 14 atom stereocenters. The van der Waals surface area contributed by atoms with E-state index in [0.717, 1.165) is 19.3 Å². The Balaban J connectivity index is 1.72. The third-order valence-electron chi connectivity index (χ3n) is 12.0. The first-order chi connectivity index (χ1) is 24.8. The van der Waals surface area contributed by atoms with Crippen LogP contribution in [0.2, 0.25) is 0 Å². The van der Waals surface area contributed by atoms with E-state index in [9.17, 15) is 30.0 Å². The first kappa shape index (κ1) is 43.2. The fraction of sp³-hybridized carbons (Fsp3) is 0.800. The number of carbonyl (C=O) groups excluding carboxylic acids is 2. The molecule has 0 aromatic heterocycles. The summed E-state index contributed by atoms with van der Waals surface area (Å²) in [6.45, 7) is 14.1. The average Bonchev–Trinajstić information content (AvgIpc) is 3.09. The van der Waals surface area contributed by atoms with Gasteiger partial charge < -0.3 is 54.5 Å². The van der Waals surface area contributed by atoms with Crippen LogP contribution < -0.4 is 10.1 Å². The zero-order valence-corrected chi connectivity index (χ0v) is 33.5. The van der Waals surface area contributed by atoms with E-state index in [0.29, 0.717) is 18.7 Å². The highest BCUT2D eigenvalue weighted by Gasteiger charge is 2.51. The van der Waals surface area contributed by atoms with Crippen molar-refractivity contribution in [2.45, 2.75) is 166 Å². The minimum atomic E-state index is -1.78. The van der Waals surface area contributed by atoms with Crippen LogP contribution in [0.15, 0.2) is 30.3 Å². The summed E-state index contributed by atoms with van der Waals surface area (Å²) in [6.07, 6.45) is -3.14. The van der Waals surface area contributed by atoms with Crippen molar-refractivity contribution in [1.29, 1.82) is 0 Å². The zero-order valence-electron chi connectivity index (χ0n) is 33.5. The molecule has 1 aromatic rings. The normalized spacial score (nSPS) is 40.9. The summed E-state index contributed by atoms with van der Waals surface area (Å²) in [7, 11) is 3.60. The lowest BCUT2D eigenvalue weighted by atomic mass is 9.78. The number of nitrogens with one attached hydrogen (secondary N) is 1. The van der Waals surface area contributed by atoms with Crippen molar-refractivity contribution in [3.8, 4) is 5.75 Å². The van der Waals surface area contributed by atoms with Gasteiger partial charge in [0.05, 0.1) is 35.9 Å². The second kappa shape index (κ2) is 18.0. The van der Waals surface area contributed by atoms with Crippen molar-refractivity contribution >= 4 is 12.0 Å². The Morgan fingerprint density at radius 1 is 1.02 bits per heavy atom. The SMILES string of the molecule is CC[C@H]1OC(=O)[C@H](C)[C@@H](O)[C@H](C)[C@@H](O[C@@H]2O[C@H](C)C[C@H](N(C)C(=O)N(C)C3CCC3)[C@H]2Oc2ccccc2)[C@](C)(O)C[C@@H](C)CN[C@H](C)[C@@H](O)[C@]1(C)O. The smallest absolute Gasteiger partial charge is 0.320 e. The van der Waals surface area contributed by atoms with E-state index in [1.807, 2.05) is 51.2 Å². The van der Waals surface area contributed by atoms with Gasteiger partial charge in [0.15, 0.2) is 12.4 Å². The monoisotopic (exact) mass is 749 g/mol. The van der Waals surface area contributed by atoms with Gasteiger partial charge in [0.2, 0.25) is 0 Å². The van der Waals surface area contributed by atoms with E-state index in [1.165, 1.54) is 13.8 Å². The number of para-hydroxylation sites is 1. The molecule has 302 valence electrons. The van der Waals surface area contributed by atoms with Crippen molar-refractivity contribution in [3.63, 3.8) is 0 Å². The molecule has 1 aromatic carbocycles. The molecule has 13 heteroatoms. The van der Waals surface area contributed by atoms with Crippen LogP contribution in [-0.2, 0) is 19.0 Å². The molecule has 4 rings (SSSR count). The van der Waals surface area contributed by atoms with Gasteiger partial charge in [0, 0.05) is 32.1 Å². The first-order valence-corrected chi connectivity index (χ1v) is 19.6. The van der Waals surface area contributed by atoms with Gasteiger partial charge in [-0.25, -0.2) is 4.79 Å². The van der Waals surface area contributed by atoms with Gasteiger partial charge in [0.1, 0.15) is 23.6 Å². The van der Waals surface area contributed by atoms with Crippen molar-refractivity contribution in [1.82, 2.24) is 15.1 Å². The number of hydrogen-bond donors (Lipinski definition) is 5. The van der Waals surface area contributed by atoms with E-state index >= 15 is 0 Å². The molecule has 2 aliphatic heterocycles. The molecule has 2 heterocycles. The Bertz CT molecular complexity index is 1330. The van der Waals surface area contributed by atoms with Gasteiger partial charge in [-0.05, 0) is 97.7 Å². The molecule has 1 aliphatic carbocycles. The number of benzene rings is 1. The lowest BCUT2D eigenvalue weighted by molar-refractivity contribution is -0.294. The number of nitrogens with zero attached hydrogens (tertiary/aromatic N) is 2. The number of carbonyl (C=O) groups is 2. The van der Waals surface area contributed by atoms with Crippen LogP contribution in [0.4, 0.5) is 4.79 Å². The highest BCUT2D eigenvalue weighted by molar-refractivity contribution is 5.75. The number of esters is 1. The van der Waals surface area contributed by atoms with Crippen molar-refractivity contribution in [3.05, 3.63) is 30.3 Å². The van der Waals surface area contributed by atoms with E-state index in [2.05, 4.69) is 5.32 Å². The summed E-state index contributed by atoms with van der Waals surface area (Å²) in [5.74, 6) is -2.30. The van der Waals surface area contributed by atoms with E-state index in [1.54, 1.807) is 44.5 Å². The minimum Gasteiger partial charge on any atom is -0.483 e. The predicted octanol–water partition coefficient (Wildman–Crippen LogP) is 3.69. The molecule has 0 radical (unpaired) electrons. The van der Waals surface area contributed by atoms with Crippen molar-refractivity contribution < 1.29 is 49.0 Å². The molecule has 5 N–H and O–H groups in total. The molecule has 0 spiro atoms. The van der Waals surface area contributed by atoms with Crippen LogP contribution in [0, 0.1) is 17.8 Å². The Morgan fingerprint density at radius 3 is 2.25 bits per heavy atom. The van der Waals surface area contributed by atoms with E-state index < -0.39 is 77.9 Å². The molecule has 2 saturated heterocycles. The van der Waals surface area contributed by atoms with Gasteiger partial charge in [-0.3, -0.25) is 4.79 Å². The second-order valence-corrected chi connectivity index (χ2v) is 16.7. The molecule has 3 fully saturated rings. The fourth-order valence-corrected chi connectivity index (χ4v) is 8.32. The Morgan fingerprint density at radius 2 is 1.66 bits per heavy atom. The number of ether oxygens (including phenoxy) is 4. The number of urea groups is 1. The maximum atomic E-state index is 13.9. The zero-order chi connectivity index (χ0) is 39.4. The fourth-order valence-electron chi connectivity index (χ4n) is 8.32. The number of cyclic esters (lactones) is 1. The number of amides is 2. The summed E-state index contributed by atoms with van der Waals surface area (Å²) >= 11 is 0. The number of likely N-dealkylation sites (N-methyl/N-ethyl adjacent to an activating group) is 1. The summed E-state index contributed by atoms with van der Waals surface area (Å²) in [6, 6.07) is 8.23. The van der Waals surface area contributed by atoms with Crippen molar-refractivity contribution in [2.75, 3.05) is 20.6 Å². The van der Waals surface area contributed by atoms with Gasteiger partial charge in [-0.2, -0.15) is 0 Å². The molecular weight excluding hydrogens is 682 g/mol. The highest BCUT2D eigenvalue weighted by Crippen LogP contribution is 2.37. The standard InChI is InChI=1S/C40H67N3O10/c1-11-31-40(8,49)34(45)27(6)41-22-23(2)21-39(7,48)35(25(4)32(44)26(5)36(46)52-31)53-37-33(51-29-18-13-12-14-19-29)30(20-24(3)50-37)43(10)38(47)42(9)28-16-15-17-28/h12-14,18-19,23-28,30-35,37,41,44-45,48-49H,11,15-17,20-22H2,1-10H3/t23-,24-,25+,26-,27-,30+,31-,32+,33-,34-,35-,37+,39-,40-/m1/s1. The van der Waals surface area contributed by atoms with Gasteiger partial charge in [-0.15, -0.1) is 0 Å². The third kappa shape index (κ3) is 10.0. The van der Waals surface area contributed by atoms with Crippen LogP contribution in [-0.4, -0.2) is 135 Å². The number of rotatable bonds is 7. The van der Waals surface area contributed by atoms with E-state index in [-0.39, 0.29) is 36.9 Å². The van der Waals surface area contributed by atoms with Gasteiger partial charge in [-0.1, -0.05) is 39.0 Å². The van der Waals surface area contributed by atoms with Crippen LogP contribution in [0.5, 0.6) is 5.75 Å². The molecule has 1 saturated carbocycles. The Kier molecular flexibility index (Phi) is 14.6. The summed E-state index contributed by atoms with van der Waals surface area (Å²) in [5, 5.41) is 50.1. The quantitative estimate of drug-likeness (QED) is 0.258. The Hall–Kier alpha value is -2.52. The maximum Gasteiger partial charge on any atom is 0.320 e. The van der Waals surface area contributed by atoms with Crippen LogP contribution in [0.25, 0.3) is 0 Å². The third-order valence-corrected chi connectivity index (χ3v) is 12.0. The molecule has 13 nitrogen and oxygen atoms in total. The number of hydrogen-bond acceptors (Lipinski definition) is 11. The maximum absolute atomic E-state index is 13.9. The second-order valence-electron chi connectivity index (χ2n) is 16.7. The van der Waals surface area contributed by atoms with Gasteiger partial charge in [0.25, 0.3) is 0 Å². The van der Waals surface area contributed by atoms with Gasteiger partial charge >= 0.3 is 12.0 Å². The molecule has 3 aliphatic rings. The average molecular weight is 750 g/mol. The van der Waals surface area contributed by atoms with Crippen LogP contribution >= 0.6 is 0 Å². The Labute approximate surface area is 316 Å². The lowest BCUT2D eigenvalue weighted by Gasteiger charge is -2.48. The van der Waals surface area contributed by atoms with Crippen LogP contribution in [0.3, 0.4) is 0 Å². The van der Waals surface area contributed by atoms with Crippen molar-refractivity contribution in [2.24, 2.45) is 17.8 Å². The molecular formula is C40H67N3O10. The van der Waals surface area contributed by atoms with E-state index in [4.69, 9.17) is 18.9 Å². The minimum absolute atomic E-state index is 0.128. The summed E-state index contributed by atoms with van der Waals surface area (Å²) in [4.78, 5) is 30.9. The number of aliphatic hydroxyl groups is 4. The largest absolute Gasteiger partial charge is 0.483 e. The summed E-state index contributed by atoms with van der Waals surface area (Å²) in [5.41, 5.74) is -3.36. The predicted molar refractivity (Wildman–Crippen MR) is 200 cm³/mol. The topological polar surface area (TPSA) is 170 Å². The molecule has 0 unspecified atom stereocenters. The lowest BCUT2D eigenvalue weighted by Crippen LogP contribution is -2.63. The molecule has 53 heavy (non-hydrogen) atoms.